The summed E-state index contributed by atoms with van der Waals surface area (Å²) >= 11 is 5.92. The molecule has 0 saturated carbocycles. The van der Waals surface area contributed by atoms with Crippen LogP contribution < -0.4 is 10.1 Å². The average molecular weight is 512 g/mol. The molecule has 0 bridgehead atoms. The number of hydrogen-bond acceptors (Lipinski definition) is 3. The van der Waals surface area contributed by atoms with E-state index in [2.05, 4.69) is 5.32 Å². The Bertz CT molecular complexity index is 1050. The smallest absolute Gasteiger partial charge is 0.419 e. The van der Waals surface area contributed by atoms with Gasteiger partial charge in [0.2, 0.25) is 5.91 Å². The number of carbonyl (C=O) groups excluding carboxylic acids is 2. The van der Waals surface area contributed by atoms with Crippen molar-refractivity contribution >= 4 is 23.5 Å². The van der Waals surface area contributed by atoms with E-state index in [9.17, 15) is 22.8 Å². The fourth-order valence-electron chi connectivity index (χ4n) is 4.23. The van der Waals surface area contributed by atoms with Crippen LogP contribution in [0.3, 0.4) is 0 Å². The van der Waals surface area contributed by atoms with E-state index in [4.69, 9.17) is 16.3 Å². The minimum atomic E-state index is -4.59. The highest BCUT2D eigenvalue weighted by molar-refractivity contribution is 6.30. The zero-order valence-corrected chi connectivity index (χ0v) is 20.6. The van der Waals surface area contributed by atoms with Crippen molar-refractivity contribution in [3.63, 3.8) is 0 Å². The van der Waals surface area contributed by atoms with E-state index >= 15 is 0 Å². The Morgan fingerprint density at radius 3 is 2.54 bits per heavy atom. The molecule has 1 aliphatic rings. The number of halogens is 4. The zero-order chi connectivity index (χ0) is 25.8. The second-order valence-corrected chi connectivity index (χ2v) is 8.93. The van der Waals surface area contributed by atoms with Crippen molar-refractivity contribution in [3.8, 4) is 5.75 Å². The quantitative estimate of drug-likeness (QED) is 0.522. The molecule has 1 fully saturated rings. The molecule has 10 heteroatoms. The predicted octanol–water partition coefficient (Wildman–Crippen LogP) is 5.65. The maximum Gasteiger partial charge on any atom is 0.419 e. The van der Waals surface area contributed by atoms with Gasteiger partial charge >= 0.3 is 12.2 Å². The fraction of sp³-hybridized carbons (Fsp3) is 0.440. The molecule has 190 valence electrons. The number of rotatable bonds is 7. The minimum absolute atomic E-state index is 0.0451. The van der Waals surface area contributed by atoms with E-state index in [0.29, 0.717) is 31.0 Å². The predicted molar refractivity (Wildman–Crippen MR) is 127 cm³/mol. The van der Waals surface area contributed by atoms with Crippen LogP contribution in [0.2, 0.25) is 5.02 Å². The van der Waals surface area contributed by atoms with Gasteiger partial charge in [-0.25, -0.2) is 4.79 Å². The first kappa shape index (κ1) is 26.7. The first-order chi connectivity index (χ1) is 16.5. The zero-order valence-electron chi connectivity index (χ0n) is 19.9. The average Bonchev–Trinajstić information content (AvgIpc) is 3.29. The summed E-state index contributed by atoms with van der Waals surface area (Å²) in [6.45, 7) is 3.98. The van der Waals surface area contributed by atoms with Crippen molar-refractivity contribution in [2.45, 2.75) is 51.5 Å². The third-order valence-corrected chi connectivity index (χ3v) is 6.21. The molecule has 0 spiro atoms. The number of benzene rings is 2. The summed E-state index contributed by atoms with van der Waals surface area (Å²) in [4.78, 5) is 29.2. The fourth-order valence-corrected chi connectivity index (χ4v) is 4.36. The molecule has 1 heterocycles. The second kappa shape index (κ2) is 11.2. The van der Waals surface area contributed by atoms with Crippen LogP contribution in [-0.2, 0) is 17.5 Å². The monoisotopic (exact) mass is 511 g/mol. The van der Waals surface area contributed by atoms with E-state index in [1.807, 2.05) is 12.1 Å². The summed E-state index contributed by atoms with van der Waals surface area (Å²) in [5, 5.41) is 3.35. The van der Waals surface area contributed by atoms with Crippen LogP contribution in [0.4, 0.5) is 18.0 Å². The minimum Gasteiger partial charge on any atom is -0.493 e. The number of nitrogens with zero attached hydrogens (tertiary/aromatic N) is 2. The van der Waals surface area contributed by atoms with Gasteiger partial charge in [-0.3, -0.25) is 4.79 Å². The molecule has 0 aliphatic carbocycles. The van der Waals surface area contributed by atoms with Gasteiger partial charge < -0.3 is 19.9 Å². The standard InChI is InChI=1S/C25H29ClF3N3O3/c1-4-35-22-19(7-5-8-20(22)25(27,28)29)16(2)30-24(34)32-14-6-9-21(32)23(33)31(3)15-17-10-12-18(26)13-11-17/h5,7-8,10-13,16,21H,4,6,9,14-15H2,1-3H3,(H,30,34)/t16-,21+/m0/s1. The van der Waals surface area contributed by atoms with Gasteiger partial charge in [-0.05, 0) is 50.5 Å². The Kier molecular flexibility index (Phi) is 8.53. The maximum atomic E-state index is 13.5. The number of hydrogen-bond donors (Lipinski definition) is 1. The molecule has 0 unspecified atom stereocenters. The Labute approximate surface area is 208 Å². The number of alkyl halides is 3. The number of likely N-dealkylation sites (N-methyl/N-ethyl adjacent to an activating group) is 1. The van der Waals surface area contributed by atoms with E-state index in [-0.39, 0.29) is 23.8 Å². The van der Waals surface area contributed by atoms with Crippen LogP contribution in [0, 0.1) is 0 Å². The number of carbonyl (C=O) groups is 2. The molecule has 1 aliphatic heterocycles. The van der Waals surface area contributed by atoms with Crippen LogP contribution >= 0.6 is 11.6 Å². The maximum absolute atomic E-state index is 13.5. The summed E-state index contributed by atoms with van der Waals surface area (Å²) < 4.78 is 45.8. The van der Waals surface area contributed by atoms with Crippen molar-refractivity contribution in [2.75, 3.05) is 20.2 Å². The summed E-state index contributed by atoms with van der Waals surface area (Å²) in [6, 6.07) is 8.97. The van der Waals surface area contributed by atoms with Crippen molar-refractivity contribution in [2.24, 2.45) is 0 Å². The summed E-state index contributed by atoms with van der Waals surface area (Å²) in [5.41, 5.74) is 0.230. The molecule has 35 heavy (non-hydrogen) atoms. The lowest BCUT2D eigenvalue weighted by Crippen LogP contribution is -2.50. The van der Waals surface area contributed by atoms with Crippen LogP contribution in [-0.4, -0.2) is 48.0 Å². The number of urea groups is 1. The normalized spacial score (nSPS) is 16.7. The van der Waals surface area contributed by atoms with Crippen LogP contribution in [0.1, 0.15) is 49.4 Å². The number of likely N-dealkylation sites (tertiary alicyclic amines) is 1. The number of nitrogens with one attached hydrogen (secondary N) is 1. The topological polar surface area (TPSA) is 61.9 Å². The van der Waals surface area contributed by atoms with E-state index < -0.39 is 29.9 Å². The van der Waals surface area contributed by atoms with E-state index in [1.54, 1.807) is 37.9 Å². The Balaban J connectivity index is 1.72. The number of para-hydroxylation sites is 1. The van der Waals surface area contributed by atoms with E-state index in [0.717, 1.165) is 11.6 Å². The third kappa shape index (κ3) is 6.39. The van der Waals surface area contributed by atoms with Crippen molar-refractivity contribution in [3.05, 3.63) is 64.2 Å². The van der Waals surface area contributed by atoms with Crippen LogP contribution in [0.15, 0.2) is 42.5 Å². The van der Waals surface area contributed by atoms with Crippen LogP contribution in [0.25, 0.3) is 0 Å². The third-order valence-electron chi connectivity index (χ3n) is 5.95. The first-order valence-electron chi connectivity index (χ1n) is 11.4. The molecule has 2 atom stereocenters. The van der Waals surface area contributed by atoms with E-state index in [1.165, 1.54) is 17.0 Å². The van der Waals surface area contributed by atoms with Crippen LogP contribution in [0.5, 0.6) is 5.75 Å². The van der Waals surface area contributed by atoms with Gasteiger partial charge in [0.25, 0.3) is 0 Å². The molecule has 0 radical (unpaired) electrons. The number of amides is 3. The summed E-state index contributed by atoms with van der Waals surface area (Å²) in [5.74, 6) is -0.499. The summed E-state index contributed by atoms with van der Waals surface area (Å²) in [6.07, 6.45) is -3.43. The number of ether oxygens (including phenoxy) is 1. The Morgan fingerprint density at radius 2 is 1.91 bits per heavy atom. The molecular weight excluding hydrogens is 483 g/mol. The van der Waals surface area contributed by atoms with Gasteiger partial charge in [0.05, 0.1) is 18.2 Å². The van der Waals surface area contributed by atoms with Gasteiger partial charge in [0.15, 0.2) is 0 Å². The lowest BCUT2D eigenvalue weighted by atomic mass is 10.0. The Hall–Kier alpha value is -2.94. The lowest BCUT2D eigenvalue weighted by molar-refractivity contribution is -0.139. The second-order valence-electron chi connectivity index (χ2n) is 8.50. The molecule has 0 aromatic heterocycles. The van der Waals surface area contributed by atoms with Crippen molar-refractivity contribution in [1.82, 2.24) is 15.1 Å². The molecule has 6 nitrogen and oxygen atoms in total. The highest BCUT2D eigenvalue weighted by atomic mass is 35.5. The molecule has 2 aromatic carbocycles. The SMILES string of the molecule is CCOc1c([C@H](C)NC(=O)N2CCC[C@@H]2C(=O)N(C)Cc2ccc(Cl)cc2)cccc1C(F)(F)F. The molecule has 1 N–H and O–H groups in total. The Morgan fingerprint density at radius 1 is 1.23 bits per heavy atom. The summed E-state index contributed by atoms with van der Waals surface area (Å²) in [7, 11) is 1.67. The molecule has 3 rings (SSSR count). The lowest BCUT2D eigenvalue weighted by Gasteiger charge is -2.30. The van der Waals surface area contributed by atoms with Gasteiger partial charge in [-0.15, -0.1) is 0 Å². The molecular formula is C25H29ClF3N3O3. The molecule has 3 amide bonds. The van der Waals surface area contributed by atoms with Gasteiger partial charge in [0, 0.05) is 30.7 Å². The molecule has 1 saturated heterocycles. The molecule has 2 aromatic rings. The van der Waals surface area contributed by atoms with Crippen molar-refractivity contribution in [1.29, 1.82) is 0 Å². The largest absolute Gasteiger partial charge is 0.493 e. The van der Waals surface area contributed by atoms with Gasteiger partial charge in [-0.2, -0.15) is 13.2 Å². The highest BCUT2D eigenvalue weighted by Gasteiger charge is 2.38. The highest BCUT2D eigenvalue weighted by Crippen LogP contribution is 2.40. The van der Waals surface area contributed by atoms with Gasteiger partial charge in [-0.1, -0.05) is 35.9 Å². The van der Waals surface area contributed by atoms with Gasteiger partial charge in [0.1, 0.15) is 11.8 Å². The first-order valence-corrected chi connectivity index (χ1v) is 11.8. The van der Waals surface area contributed by atoms with Crippen molar-refractivity contribution < 1.29 is 27.5 Å².